The van der Waals surface area contributed by atoms with Crippen molar-refractivity contribution in [3.8, 4) is 0 Å². The van der Waals surface area contributed by atoms with Gasteiger partial charge in [0.15, 0.2) is 0 Å². The van der Waals surface area contributed by atoms with Crippen LogP contribution >= 0.6 is 34.5 Å². The van der Waals surface area contributed by atoms with Crippen LogP contribution in [0.1, 0.15) is 51.6 Å². The maximum atomic E-state index is 6.12. The van der Waals surface area contributed by atoms with Gasteiger partial charge in [0.25, 0.3) is 0 Å². The van der Waals surface area contributed by atoms with Crippen LogP contribution in [-0.2, 0) is 0 Å². The van der Waals surface area contributed by atoms with Crippen molar-refractivity contribution < 1.29 is 0 Å². The van der Waals surface area contributed by atoms with E-state index in [2.05, 4.69) is 26.1 Å². The molecule has 0 amide bonds. The van der Waals surface area contributed by atoms with Crippen LogP contribution in [0, 0.1) is 5.92 Å². The molecule has 0 bridgehead atoms. The molecule has 4 heteroatoms. The van der Waals surface area contributed by atoms with Gasteiger partial charge >= 0.3 is 0 Å². The number of halogens is 2. The van der Waals surface area contributed by atoms with E-state index in [9.17, 15) is 0 Å². The summed E-state index contributed by atoms with van der Waals surface area (Å²) in [5, 5.41) is 3.49. The monoisotopic (exact) mass is 293 g/mol. The van der Waals surface area contributed by atoms with Gasteiger partial charge < -0.3 is 5.32 Å². The summed E-state index contributed by atoms with van der Waals surface area (Å²) < 4.78 is 1.57. The summed E-state index contributed by atoms with van der Waals surface area (Å²) in [4.78, 5) is 0. The standard InChI is InChI=1S/C13H21Cl2NS/c1-9(2)6-4-5-7-16-10(3)11-8-12(14)17-13(11)15/h8-10,16H,4-7H2,1-3H3. The highest BCUT2D eigenvalue weighted by molar-refractivity contribution is 7.20. The van der Waals surface area contributed by atoms with E-state index in [-0.39, 0.29) is 6.04 Å². The molecule has 1 nitrogen and oxygen atoms in total. The summed E-state index contributed by atoms with van der Waals surface area (Å²) >= 11 is 13.5. The van der Waals surface area contributed by atoms with Crippen molar-refractivity contribution in [3.63, 3.8) is 0 Å². The zero-order chi connectivity index (χ0) is 12.8. The summed E-state index contributed by atoms with van der Waals surface area (Å²) in [7, 11) is 0. The lowest BCUT2D eigenvalue weighted by atomic mass is 10.1. The van der Waals surface area contributed by atoms with Crippen LogP contribution in [0.15, 0.2) is 6.07 Å². The average Bonchev–Trinajstić information content (AvgIpc) is 2.56. The van der Waals surface area contributed by atoms with E-state index in [0.717, 1.165) is 26.7 Å². The number of unbranched alkanes of at least 4 members (excludes halogenated alkanes) is 1. The maximum Gasteiger partial charge on any atom is 0.0991 e. The highest BCUT2D eigenvalue weighted by atomic mass is 35.5. The zero-order valence-corrected chi connectivity index (χ0v) is 13.1. The van der Waals surface area contributed by atoms with Crippen LogP contribution in [0.4, 0.5) is 0 Å². The van der Waals surface area contributed by atoms with Gasteiger partial charge in [0, 0.05) is 6.04 Å². The number of hydrogen-bond acceptors (Lipinski definition) is 2. The Morgan fingerprint density at radius 1 is 1.24 bits per heavy atom. The van der Waals surface area contributed by atoms with Gasteiger partial charge in [-0.1, -0.05) is 49.9 Å². The third kappa shape index (κ3) is 5.60. The first-order valence-corrected chi connectivity index (χ1v) is 7.76. The Morgan fingerprint density at radius 2 is 1.94 bits per heavy atom. The second-order valence-corrected chi connectivity index (χ2v) is 7.13. The van der Waals surface area contributed by atoms with Gasteiger partial charge in [-0.15, -0.1) is 11.3 Å². The summed E-state index contributed by atoms with van der Waals surface area (Å²) in [6, 6.07) is 2.24. The van der Waals surface area contributed by atoms with E-state index in [1.807, 2.05) is 6.07 Å². The van der Waals surface area contributed by atoms with E-state index in [1.165, 1.54) is 30.6 Å². The van der Waals surface area contributed by atoms with E-state index in [1.54, 1.807) is 0 Å². The van der Waals surface area contributed by atoms with Crippen molar-refractivity contribution in [2.75, 3.05) is 6.54 Å². The Balaban J connectivity index is 2.25. The minimum absolute atomic E-state index is 0.283. The molecule has 0 spiro atoms. The first-order valence-electron chi connectivity index (χ1n) is 6.18. The second kappa shape index (κ2) is 7.63. The van der Waals surface area contributed by atoms with Gasteiger partial charge in [-0.2, -0.15) is 0 Å². The fraction of sp³-hybridized carbons (Fsp3) is 0.692. The molecule has 1 aromatic rings. The van der Waals surface area contributed by atoms with Gasteiger partial charge in [0.2, 0.25) is 0 Å². The molecular weight excluding hydrogens is 273 g/mol. The molecule has 1 heterocycles. The van der Waals surface area contributed by atoms with Gasteiger partial charge in [0.1, 0.15) is 0 Å². The van der Waals surface area contributed by atoms with E-state index in [0.29, 0.717) is 0 Å². The lowest BCUT2D eigenvalue weighted by Crippen LogP contribution is -2.19. The number of hydrogen-bond donors (Lipinski definition) is 1. The summed E-state index contributed by atoms with van der Waals surface area (Å²) in [5.74, 6) is 0.803. The summed E-state index contributed by atoms with van der Waals surface area (Å²) in [6.07, 6.45) is 3.81. The third-order valence-electron chi connectivity index (χ3n) is 2.81. The SMILES string of the molecule is CC(C)CCCCNC(C)c1cc(Cl)sc1Cl. The predicted octanol–water partition coefficient (Wildman–Crippen LogP) is 5.53. The van der Waals surface area contributed by atoms with E-state index in [4.69, 9.17) is 23.2 Å². The minimum Gasteiger partial charge on any atom is -0.310 e. The van der Waals surface area contributed by atoms with E-state index < -0.39 is 0 Å². The highest BCUT2D eigenvalue weighted by Crippen LogP contribution is 2.34. The molecule has 1 aromatic heterocycles. The molecule has 1 unspecified atom stereocenters. The average molecular weight is 294 g/mol. The topological polar surface area (TPSA) is 12.0 Å². The molecule has 0 aliphatic heterocycles. The van der Waals surface area contributed by atoms with Crippen LogP contribution in [0.3, 0.4) is 0 Å². The molecule has 0 radical (unpaired) electrons. The van der Waals surface area contributed by atoms with Crippen molar-refractivity contribution in [1.82, 2.24) is 5.32 Å². The molecular formula is C13H21Cl2NS. The van der Waals surface area contributed by atoms with Crippen molar-refractivity contribution in [2.45, 2.75) is 46.1 Å². The van der Waals surface area contributed by atoms with Crippen LogP contribution < -0.4 is 5.32 Å². The lowest BCUT2D eigenvalue weighted by Gasteiger charge is -2.13. The van der Waals surface area contributed by atoms with Crippen LogP contribution in [0.25, 0.3) is 0 Å². The maximum absolute atomic E-state index is 6.12. The van der Waals surface area contributed by atoms with Gasteiger partial charge in [-0.05, 0) is 37.4 Å². The Bertz CT molecular complexity index is 336. The highest BCUT2D eigenvalue weighted by Gasteiger charge is 2.12. The molecule has 0 saturated heterocycles. The fourth-order valence-electron chi connectivity index (χ4n) is 1.75. The molecule has 1 N–H and O–H groups in total. The van der Waals surface area contributed by atoms with Gasteiger partial charge in [-0.25, -0.2) is 0 Å². The van der Waals surface area contributed by atoms with E-state index >= 15 is 0 Å². The molecule has 1 rings (SSSR count). The molecule has 0 aromatic carbocycles. The largest absolute Gasteiger partial charge is 0.310 e. The summed E-state index contributed by atoms with van der Waals surface area (Å²) in [5.41, 5.74) is 1.12. The Morgan fingerprint density at radius 3 is 2.47 bits per heavy atom. The van der Waals surface area contributed by atoms with Crippen molar-refractivity contribution in [3.05, 3.63) is 20.3 Å². The smallest absolute Gasteiger partial charge is 0.0991 e. The van der Waals surface area contributed by atoms with Crippen molar-refractivity contribution in [2.24, 2.45) is 5.92 Å². The Hall–Kier alpha value is 0.240. The second-order valence-electron chi connectivity index (χ2n) is 4.84. The first-order chi connectivity index (χ1) is 8.00. The van der Waals surface area contributed by atoms with Gasteiger partial charge in [-0.3, -0.25) is 0 Å². The molecule has 0 fully saturated rings. The van der Waals surface area contributed by atoms with Crippen LogP contribution in [-0.4, -0.2) is 6.54 Å². The van der Waals surface area contributed by atoms with Crippen molar-refractivity contribution >= 4 is 34.5 Å². The molecule has 17 heavy (non-hydrogen) atoms. The zero-order valence-electron chi connectivity index (χ0n) is 10.7. The molecule has 0 aliphatic carbocycles. The Kier molecular flexibility index (Phi) is 6.86. The lowest BCUT2D eigenvalue weighted by molar-refractivity contribution is 0.498. The third-order valence-corrected chi connectivity index (χ3v) is 4.33. The predicted molar refractivity (Wildman–Crippen MR) is 79.4 cm³/mol. The van der Waals surface area contributed by atoms with Gasteiger partial charge in [0.05, 0.1) is 8.67 Å². The normalized spacial score (nSPS) is 13.3. The number of nitrogens with one attached hydrogen (secondary N) is 1. The number of thiophene rings is 1. The molecule has 0 saturated carbocycles. The Labute approximate surface area is 119 Å². The first kappa shape index (κ1) is 15.3. The molecule has 0 aliphatic rings. The van der Waals surface area contributed by atoms with Crippen molar-refractivity contribution in [1.29, 1.82) is 0 Å². The minimum atomic E-state index is 0.283. The van der Waals surface area contributed by atoms with Crippen LogP contribution in [0.5, 0.6) is 0 Å². The quantitative estimate of drug-likeness (QED) is 0.652. The summed E-state index contributed by atoms with van der Waals surface area (Å²) in [6.45, 7) is 7.71. The number of rotatable bonds is 7. The molecule has 1 atom stereocenters. The van der Waals surface area contributed by atoms with Crippen LogP contribution in [0.2, 0.25) is 8.67 Å². The molecule has 98 valence electrons. The fourth-order valence-corrected chi connectivity index (χ4v) is 3.40.